The minimum Gasteiger partial charge on any atom is -0.356 e. The first kappa shape index (κ1) is 12.9. The maximum atomic E-state index is 9.31. The fraction of sp³-hybridized carbons (Fsp3) is 0.267. The standard InChI is InChI=1S/C15H15BrN2/c1-9(2)14-13(16)12(8-17)15(18-14)11-6-4-10(3)5-7-11/h4-7,9,18H,1-3H3. The van der Waals surface area contributed by atoms with Gasteiger partial charge < -0.3 is 4.98 Å². The van der Waals surface area contributed by atoms with Gasteiger partial charge in [-0.1, -0.05) is 43.7 Å². The van der Waals surface area contributed by atoms with Crippen LogP contribution in [0.3, 0.4) is 0 Å². The third-order valence-corrected chi connectivity index (χ3v) is 3.82. The van der Waals surface area contributed by atoms with Crippen molar-refractivity contribution >= 4 is 15.9 Å². The molecule has 0 saturated carbocycles. The average molecular weight is 303 g/mol. The van der Waals surface area contributed by atoms with Crippen LogP contribution in [0.25, 0.3) is 11.3 Å². The van der Waals surface area contributed by atoms with Crippen LogP contribution in [0.4, 0.5) is 0 Å². The highest BCUT2D eigenvalue weighted by molar-refractivity contribution is 9.10. The van der Waals surface area contributed by atoms with E-state index in [1.54, 1.807) is 0 Å². The van der Waals surface area contributed by atoms with Gasteiger partial charge in [0.05, 0.1) is 15.7 Å². The molecule has 2 rings (SSSR count). The first-order chi connectivity index (χ1) is 8.54. The molecular weight excluding hydrogens is 288 g/mol. The normalized spacial score (nSPS) is 10.7. The minimum absolute atomic E-state index is 0.352. The van der Waals surface area contributed by atoms with E-state index < -0.39 is 0 Å². The molecule has 0 aliphatic heterocycles. The van der Waals surface area contributed by atoms with Gasteiger partial charge in [0.1, 0.15) is 6.07 Å². The van der Waals surface area contributed by atoms with Crippen LogP contribution in [0.1, 0.15) is 36.6 Å². The number of aryl methyl sites for hydroxylation is 1. The van der Waals surface area contributed by atoms with E-state index in [1.165, 1.54) is 5.56 Å². The Morgan fingerprint density at radius 3 is 2.33 bits per heavy atom. The number of aromatic amines is 1. The van der Waals surface area contributed by atoms with Crippen molar-refractivity contribution in [1.82, 2.24) is 4.98 Å². The second-order valence-electron chi connectivity index (χ2n) is 4.74. The molecule has 0 atom stereocenters. The topological polar surface area (TPSA) is 39.6 Å². The average Bonchev–Trinajstić information content (AvgIpc) is 2.67. The van der Waals surface area contributed by atoms with E-state index in [1.807, 2.05) is 12.1 Å². The van der Waals surface area contributed by atoms with Crippen molar-refractivity contribution in [2.45, 2.75) is 26.7 Å². The zero-order valence-electron chi connectivity index (χ0n) is 10.7. The van der Waals surface area contributed by atoms with Crippen molar-refractivity contribution < 1.29 is 0 Å². The summed E-state index contributed by atoms with van der Waals surface area (Å²) in [6.07, 6.45) is 0. The lowest BCUT2D eigenvalue weighted by atomic mass is 10.1. The Morgan fingerprint density at radius 1 is 1.22 bits per heavy atom. The van der Waals surface area contributed by atoms with Crippen LogP contribution in [0.15, 0.2) is 28.7 Å². The van der Waals surface area contributed by atoms with Crippen LogP contribution in [0.2, 0.25) is 0 Å². The first-order valence-corrected chi connectivity index (χ1v) is 6.72. The predicted octanol–water partition coefficient (Wildman–Crippen LogP) is 4.75. The van der Waals surface area contributed by atoms with Crippen LogP contribution < -0.4 is 0 Å². The smallest absolute Gasteiger partial charge is 0.103 e. The lowest BCUT2D eigenvalue weighted by Gasteiger charge is -2.02. The third kappa shape index (κ3) is 2.21. The first-order valence-electron chi connectivity index (χ1n) is 5.93. The SMILES string of the molecule is Cc1ccc(-c2[nH]c(C(C)C)c(Br)c2C#N)cc1. The molecule has 1 aromatic heterocycles. The van der Waals surface area contributed by atoms with Crippen LogP contribution in [0.5, 0.6) is 0 Å². The maximum Gasteiger partial charge on any atom is 0.103 e. The number of halogens is 1. The Hall–Kier alpha value is -1.53. The van der Waals surface area contributed by atoms with Gasteiger partial charge >= 0.3 is 0 Å². The van der Waals surface area contributed by atoms with Gasteiger partial charge in [0.25, 0.3) is 0 Å². The number of nitrogens with zero attached hydrogens (tertiary/aromatic N) is 1. The Kier molecular flexibility index (Phi) is 3.58. The fourth-order valence-electron chi connectivity index (χ4n) is 1.94. The van der Waals surface area contributed by atoms with Gasteiger partial charge in [-0.05, 0) is 34.3 Å². The minimum atomic E-state index is 0.352. The molecule has 1 heterocycles. The molecule has 2 aromatic rings. The summed E-state index contributed by atoms with van der Waals surface area (Å²) in [5.74, 6) is 0.352. The molecule has 0 bridgehead atoms. The fourth-order valence-corrected chi connectivity index (χ4v) is 2.78. The summed E-state index contributed by atoms with van der Waals surface area (Å²) in [6, 6.07) is 10.5. The van der Waals surface area contributed by atoms with E-state index in [2.05, 4.69) is 59.9 Å². The molecule has 0 unspecified atom stereocenters. The number of hydrogen-bond donors (Lipinski definition) is 1. The summed E-state index contributed by atoms with van der Waals surface area (Å²) < 4.78 is 0.885. The maximum absolute atomic E-state index is 9.31. The van der Waals surface area contributed by atoms with Gasteiger partial charge in [-0.2, -0.15) is 5.26 Å². The van der Waals surface area contributed by atoms with Crippen LogP contribution in [-0.4, -0.2) is 4.98 Å². The quantitative estimate of drug-likeness (QED) is 0.854. The Balaban J connectivity index is 2.61. The molecule has 92 valence electrons. The van der Waals surface area contributed by atoms with E-state index in [-0.39, 0.29) is 0 Å². The molecule has 3 heteroatoms. The van der Waals surface area contributed by atoms with Crippen molar-refractivity contribution in [3.63, 3.8) is 0 Å². The number of H-pyrrole nitrogens is 1. The van der Waals surface area contributed by atoms with E-state index in [0.29, 0.717) is 11.5 Å². The highest BCUT2D eigenvalue weighted by atomic mass is 79.9. The van der Waals surface area contributed by atoms with Gasteiger partial charge in [-0.15, -0.1) is 0 Å². The third-order valence-electron chi connectivity index (χ3n) is 3.00. The Labute approximate surface area is 116 Å². The molecule has 0 aliphatic carbocycles. The van der Waals surface area contributed by atoms with Crippen molar-refractivity contribution in [2.75, 3.05) is 0 Å². The van der Waals surface area contributed by atoms with Crippen LogP contribution >= 0.6 is 15.9 Å². The summed E-state index contributed by atoms with van der Waals surface area (Å²) in [5.41, 5.74) is 4.91. The van der Waals surface area contributed by atoms with Gasteiger partial charge in [0, 0.05) is 5.69 Å². The molecule has 18 heavy (non-hydrogen) atoms. The molecule has 0 radical (unpaired) electrons. The molecular formula is C15H15BrN2. The second-order valence-corrected chi connectivity index (χ2v) is 5.53. The predicted molar refractivity (Wildman–Crippen MR) is 77.5 cm³/mol. The summed E-state index contributed by atoms with van der Waals surface area (Å²) >= 11 is 3.52. The highest BCUT2D eigenvalue weighted by Crippen LogP contribution is 2.34. The van der Waals surface area contributed by atoms with Crippen molar-refractivity contribution in [2.24, 2.45) is 0 Å². The molecule has 0 fully saturated rings. The lowest BCUT2D eigenvalue weighted by Crippen LogP contribution is -1.88. The summed E-state index contributed by atoms with van der Waals surface area (Å²) in [6.45, 7) is 6.27. The molecule has 0 saturated heterocycles. The largest absolute Gasteiger partial charge is 0.356 e. The number of nitrogens with one attached hydrogen (secondary N) is 1. The van der Waals surface area contributed by atoms with Gasteiger partial charge in [0.2, 0.25) is 0 Å². The second kappa shape index (κ2) is 4.99. The van der Waals surface area contributed by atoms with E-state index in [0.717, 1.165) is 21.4 Å². The van der Waals surface area contributed by atoms with Crippen molar-refractivity contribution in [3.05, 3.63) is 45.6 Å². The Bertz CT molecular complexity index is 601. The van der Waals surface area contributed by atoms with Crippen molar-refractivity contribution in [3.8, 4) is 17.3 Å². The van der Waals surface area contributed by atoms with Crippen LogP contribution in [-0.2, 0) is 0 Å². The molecule has 1 N–H and O–H groups in total. The van der Waals surface area contributed by atoms with E-state index >= 15 is 0 Å². The van der Waals surface area contributed by atoms with Crippen molar-refractivity contribution in [1.29, 1.82) is 5.26 Å². The molecule has 0 amide bonds. The van der Waals surface area contributed by atoms with E-state index in [4.69, 9.17) is 0 Å². The number of rotatable bonds is 2. The summed E-state index contributed by atoms with van der Waals surface area (Å²) in [7, 11) is 0. The number of hydrogen-bond acceptors (Lipinski definition) is 1. The molecule has 0 spiro atoms. The number of benzene rings is 1. The van der Waals surface area contributed by atoms with Crippen LogP contribution in [0, 0.1) is 18.3 Å². The molecule has 2 nitrogen and oxygen atoms in total. The van der Waals surface area contributed by atoms with E-state index in [9.17, 15) is 5.26 Å². The molecule has 0 aliphatic rings. The summed E-state index contributed by atoms with van der Waals surface area (Å²) in [5, 5.41) is 9.31. The monoisotopic (exact) mass is 302 g/mol. The summed E-state index contributed by atoms with van der Waals surface area (Å²) in [4.78, 5) is 3.37. The van der Waals surface area contributed by atoms with Gasteiger partial charge in [-0.25, -0.2) is 0 Å². The highest BCUT2D eigenvalue weighted by Gasteiger charge is 2.18. The molecule has 1 aromatic carbocycles. The lowest BCUT2D eigenvalue weighted by molar-refractivity contribution is 0.828. The van der Waals surface area contributed by atoms with Gasteiger partial charge in [-0.3, -0.25) is 0 Å². The zero-order chi connectivity index (χ0) is 13.3. The Morgan fingerprint density at radius 2 is 1.83 bits per heavy atom. The van der Waals surface area contributed by atoms with Gasteiger partial charge in [0.15, 0.2) is 0 Å². The number of nitriles is 1. The number of aromatic nitrogens is 1. The zero-order valence-corrected chi connectivity index (χ0v) is 12.3.